The fourth-order valence-electron chi connectivity index (χ4n) is 2.06. The molecule has 0 saturated heterocycles. The minimum atomic E-state index is -0.483. The summed E-state index contributed by atoms with van der Waals surface area (Å²) in [5, 5.41) is 0. The summed E-state index contributed by atoms with van der Waals surface area (Å²) >= 11 is 0. The second-order valence-electron chi connectivity index (χ2n) is 4.85. The van der Waals surface area contributed by atoms with Crippen LogP contribution in [0.2, 0.25) is 0 Å². The lowest BCUT2D eigenvalue weighted by Gasteiger charge is -2.24. The number of amides is 1. The molecule has 0 aromatic heterocycles. The molecule has 1 aromatic carbocycles. The van der Waals surface area contributed by atoms with Crippen molar-refractivity contribution < 1.29 is 19.1 Å². The lowest BCUT2D eigenvalue weighted by molar-refractivity contribution is -0.122. The van der Waals surface area contributed by atoms with Gasteiger partial charge in [-0.05, 0) is 31.5 Å². The number of nitrogens with zero attached hydrogens (tertiary/aromatic N) is 1. The molecule has 0 spiro atoms. The number of rotatable bonds is 9. The summed E-state index contributed by atoms with van der Waals surface area (Å²) < 4.78 is 10.3. The molecule has 0 radical (unpaired) electrons. The van der Waals surface area contributed by atoms with Crippen molar-refractivity contribution in [3.8, 4) is 0 Å². The van der Waals surface area contributed by atoms with Crippen LogP contribution < -0.4 is 10.6 Å². The number of anilines is 2. The normalized spacial score (nSPS) is 10.2. The first-order valence-electron chi connectivity index (χ1n) is 7.60. The maximum absolute atomic E-state index is 12.4. The fraction of sp³-hybridized carbons (Fsp3) is 0.412. The molecule has 0 aliphatic heterocycles. The van der Waals surface area contributed by atoms with E-state index in [0.29, 0.717) is 23.5 Å². The third-order valence-electron chi connectivity index (χ3n) is 3.02. The molecule has 0 unspecified atom stereocenters. The molecule has 6 heteroatoms. The van der Waals surface area contributed by atoms with Crippen LogP contribution in [0, 0.1) is 0 Å². The number of hydrogen-bond donors (Lipinski definition) is 1. The molecule has 23 heavy (non-hydrogen) atoms. The molecule has 1 amide bonds. The SMILES string of the molecule is C=CCOCC(=O)N(CCC)c1cc(N)ccc1C(=O)OCC. The second-order valence-corrected chi connectivity index (χ2v) is 4.85. The average Bonchev–Trinajstić information content (AvgIpc) is 2.52. The van der Waals surface area contributed by atoms with Gasteiger partial charge in [-0.25, -0.2) is 4.79 Å². The summed E-state index contributed by atoms with van der Waals surface area (Å²) in [6, 6.07) is 4.79. The molecular weight excluding hydrogens is 296 g/mol. The van der Waals surface area contributed by atoms with E-state index < -0.39 is 5.97 Å². The van der Waals surface area contributed by atoms with Gasteiger partial charge in [0, 0.05) is 12.2 Å². The van der Waals surface area contributed by atoms with E-state index in [1.165, 1.54) is 4.90 Å². The number of benzene rings is 1. The Morgan fingerprint density at radius 1 is 1.35 bits per heavy atom. The number of nitrogens with two attached hydrogens (primary N) is 1. The molecule has 0 atom stereocenters. The summed E-state index contributed by atoms with van der Waals surface area (Å²) in [7, 11) is 0. The summed E-state index contributed by atoms with van der Waals surface area (Å²) in [4.78, 5) is 26.1. The van der Waals surface area contributed by atoms with Gasteiger partial charge < -0.3 is 20.1 Å². The summed E-state index contributed by atoms with van der Waals surface area (Å²) in [5.74, 6) is -0.728. The molecule has 0 aliphatic rings. The van der Waals surface area contributed by atoms with Gasteiger partial charge in [-0.1, -0.05) is 13.0 Å². The molecule has 0 saturated carbocycles. The fourth-order valence-corrected chi connectivity index (χ4v) is 2.06. The van der Waals surface area contributed by atoms with Crippen LogP contribution in [0.3, 0.4) is 0 Å². The zero-order valence-electron chi connectivity index (χ0n) is 13.7. The second kappa shape index (κ2) is 9.63. The van der Waals surface area contributed by atoms with Gasteiger partial charge in [-0.3, -0.25) is 4.79 Å². The van der Waals surface area contributed by atoms with Crippen molar-refractivity contribution >= 4 is 23.3 Å². The van der Waals surface area contributed by atoms with Crippen LogP contribution in [0.5, 0.6) is 0 Å². The van der Waals surface area contributed by atoms with Crippen molar-refractivity contribution in [2.75, 3.05) is 37.0 Å². The molecule has 0 fully saturated rings. The first-order chi connectivity index (χ1) is 11.0. The molecule has 0 aliphatic carbocycles. The first kappa shape index (κ1) is 18.7. The van der Waals surface area contributed by atoms with Crippen molar-refractivity contribution in [1.82, 2.24) is 0 Å². The molecule has 6 nitrogen and oxygen atoms in total. The molecule has 0 bridgehead atoms. The highest BCUT2D eigenvalue weighted by atomic mass is 16.5. The van der Waals surface area contributed by atoms with Gasteiger partial charge in [0.15, 0.2) is 0 Å². The van der Waals surface area contributed by atoms with E-state index in [4.69, 9.17) is 15.2 Å². The Labute approximate surface area is 136 Å². The van der Waals surface area contributed by atoms with Crippen molar-refractivity contribution in [3.63, 3.8) is 0 Å². The van der Waals surface area contributed by atoms with Crippen LogP contribution >= 0.6 is 0 Å². The predicted molar refractivity (Wildman–Crippen MR) is 90.5 cm³/mol. The van der Waals surface area contributed by atoms with Gasteiger partial charge in [0.2, 0.25) is 0 Å². The van der Waals surface area contributed by atoms with Gasteiger partial charge >= 0.3 is 5.97 Å². The number of carbonyl (C=O) groups is 2. The highest BCUT2D eigenvalue weighted by Crippen LogP contribution is 2.25. The minimum absolute atomic E-state index is 0.0942. The molecule has 0 heterocycles. The highest BCUT2D eigenvalue weighted by molar-refractivity contribution is 6.03. The number of nitrogen functional groups attached to an aromatic ring is 1. The third kappa shape index (κ3) is 5.41. The lowest BCUT2D eigenvalue weighted by Crippen LogP contribution is -2.36. The zero-order valence-corrected chi connectivity index (χ0v) is 13.7. The van der Waals surface area contributed by atoms with Crippen molar-refractivity contribution in [3.05, 3.63) is 36.4 Å². The van der Waals surface area contributed by atoms with E-state index in [9.17, 15) is 9.59 Å². The largest absolute Gasteiger partial charge is 0.462 e. The van der Waals surface area contributed by atoms with E-state index in [2.05, 4.69) is 6.58 Å². The molecule has 126 valence electrons. The van der Waals surface area contributed by atoms with Crippen molar-refractivity contribution in [1.29, 1.82) is 0 Å². The predicted octanol–water partition coefficient (Wildman–Crippen LogP) is 2.39. The molecule has 1 aromatic rings. The van der Waals surface area contributed by atoms with Gasteiger partial charge in [0.1, 0.15) is 6.61 Å². The quantitative estimate of drug-likeness (QED) is 0.327. The monoisotopic (exact) mass is 320 g/mol. The maximum atomic E-state index is 12.4. The van der Waals surface area contributed by atoms with Gasteiger partial charge in [0.05, 0.1) is 24.5 Å². The Morgan fingerprint density at radius 3 is 2.70 bits per heavy atom. The van der Waals surface area contributed by atoms with E-state index in [-0.39, 0.29) is 25.7 Å². The first-order valence-corrected chi connectivity index (χ1v) is 7.60. The number of hydrogen-bond acceptors (Lipinski definition) is 5. The van der Waals surface area contributed by atoms with E-state index >= 15 is 0 Å². The summed E-state index contributed by atoms with van der Waals surface area (Å²) in [6.45, 7) is 8.11. The number of carbonyl (C=O) groups excluding carboxylic acids is 2. The van der Waals surface area contributed by atoms with E-state index in [1.807, 2.05) is 6.92 Å². The van der Waals surface area contributed by atoms with Crippen LogP contribution in [0.1, 0.15) is 30.6 Å². The average molecular weight is 320 g/mol. The van der Waals surface area contributed by atoms with Crippen LogP contribution in [-0.2, 0) is 14.3 Å². The molecular formula is C17H24N2O4. The highest BCUT2D eigenvalue weighted by Gasteiger charge is 2.22. The Bertz CT molecular complexity index is 558. The standard InChI is InChI=1S/C17H24N2O4/c1-4-9-19(16(20)12-22-10-5-2)15-11-13(18)7-8-14(15)17(21)23-6-3/h5,7-8,11H,2,4,6,9-10,12,18H2,1,3H3. The van der Waals surface area contributed by atoms with Gasteiger partial charge in [0.25, 0.3) is 5.91 Å². The molecule has 1 rings (SSSR count). The minimum Gasteiger partial charge on any atom is -0.462 e. The van der Waals surface area contributed by atoms with Crippen LogP contribution in [0.25, 0.3) is 0 Å². The zero-order chi connectivity index (χ0) is 17.2. The van der Waals surface area contributed by atoms with Crippen molar-refractivity contribution in [2.24, 2.45) is 0 Å². The topological polar surface area (TPSA) is 81.9 Å². The Hall–Kier alpha value is -2.34. The van der Waals surface area contributed by atoms with Crippen LogP contribution in [0.4, 0.5) is 11.4 Å². The maximum Gasteiger partial charge on any atom is 0.340 e. The number of esters is 1. The lowest BCUT2D eigenvalue weighted by atomic mass is 10.1. The smallest absolute Gasteiger partial charge is 0.340 e. The Morgan fingerprint density at radius 2 is 2.09 bits per heavy atom. The Kier molecular flexibility index (Phi) is 7.83. The Balaban J connectivity index is 3.13. The number of ether oxygens (including phenoxy) is 2. The summed E-state index contributed by atoms with van der Waals surface area (Å²) in [6.07, 6.45) is 2.30. The van der Waals surface area contributed by atoms with Crippen LogP contribution in [-0.4, -0.2) is 38.2 Å². The van der Waals surface area contributed by atoms with Gasteiger partial charge in [-0.15, -0.1) is 6.58 Å². The third-order valence-corrected chi connectivity index (χ3v) is 3.02. The summed E-state index contributed by atoms with van der Waals surface area (Å²) in [5.41, 5.74) is 7.04. The van der Waals surface area contributed by atoms with Crippen molar-refractivity contribution in [2.45, 2.75) is 20.3 Å². The van der Waals surface area contributed by atoms with E-state index in [1.54, 1.807) is 31.2 Å². The van der Waals surface area contributed by atoms with Crippen LogP contribution in [0.15, 0.2) is 30.9 Å². The van der Waals surface area contributed by atoms with Gasteiger partial charge in [-0.2, -0.15) is 0 Å². The molecule has 2 N–H and O–H groups in total. The van der Waals surface area contributed by atoms with E-state index in [0.717, 1.165) is 6.42 Å².